The number of benzene rings is 1. The topological polar surface area (TPSA) is 13.1 Å². The molecule has 0 aliphatic rings. The fourth-order valence-electron chi connectivity index (χ4n) is 1.30. The number of hydrogen-bond donors (Lipinski definition) is 0. The summed E-state index contributed by atoms with van der Waals surface area (Å²) in [6.07, 6.45) is 3.78. The third-order valence-electron chi connectivity index (χ3n) is 1.91. The second kappa shape index (κ2) is 2.42. The SMILES string of the molecule is CCc1cccc2o[c]cc12. The zero-order valence-electron chi connectivity index (χ0n) is 6.42. The molecule has 1 radical (unpaired) electrons. The number of rotatable bonds is 1. The smallest absolute Gasteiger partial charge is 0.170 e. The van der Waals surface area contributed by atoms with E-state index in [1.54, 1.807) is 0 Å². The molecule has 0 amide bonds. The Morgan fingerprint density at radius 1 is 1.45 bits per heavy atom. The van der Waals surface area contributed by atoms with Gasteiger partial charge in [-0.2, -0.15) is 0 Å². The van der Waals surface area contributed by atoms with Gasteiger partial charge in [-0.25, -0.2) is 0 Å². The molecule has 0 aliphatic carbocycles. The van der Waals surface area contributed by atoms with Crippen LogP contribution >= 0.6 is 0 Å². The summed E-state index contributed by atoms with van der Waals surface area (Å²) in [5.41, 5.74) is 2.26. The molecule has 1 aromatic carbocycles. The van der Waals surface area contributed by atoms with E-state index in [0.29, 0.717) is 0 Å². The van der Waals surface area contributed by atoms with E-state index in [1.807, 2.05) is 18.2 Å². The molecule has 11 heavy (non-hydrogen) atoms. The Bertz CT molecular complexity index is 360. The third kappa shape index (κ3) is 0.929. The molecule has 0 aliphatic heterocycles. The first-order chi connectivity index (χ1) is 5.42. The van der Waals surface area contributed by atoms with Gasteiger partial charge in [-0.15, -0.1) is 0 Å². The maximum Gasteiger partial charge on any atom is 0.170 e. The van der Waals surface area contributed by atoms with Gasteiger partial charge in [-0.3, -0.25) is 0 Å². The van der Waals surface area contributed by atoms with Gasteiger partial charge >= 0.3 is 0 Å². The molecule has 2 rings (SSSR count). The van der Waals surface area contributed by atoms with E-state index < -0.39 is 0 Å². The Morgan fingerprint density at radius 2 is 2.36 bits per heavy atom. The summed E-state index contributed by atoms with van der Waals surface area (Å²) in [6, 6.07) is 7.99. The van der Waals surface area contributed by atoms with E-state index in [4.69, 9.17) is 4.42 Å². The van der Waals surface area contributed by atoms with Gasteiger partial charge in [0.15, 0.2) is 6.26 Å². The molecular formula is C10H9O. The fourth-order valence-corrected chi connectivity index (χ4v) is 1.30. The molecule has 0 fully saturated rings. The van der Waals surface area contributed by atoms with Gasteiger partial charge in [0.25, 0.3) is 0 Å². The molecule has 55 valence electrons. The Kier molecular flexibility index (Phi) is 1.42. The predicted molar refractivity (Wildman–Crippen MR) is 44.4 cm³/mol. The molecule has 1 aromatic heterocycles. The van der Waals surface area contributed by atoms with Crippen molar-refractivity contribution in [2.75, 3.05) is 0 Å². The van der Waals surface area contributed by atoms with E-state index in [9.17, 15) is 0 Å². The Labute approximate surface area is 65.6 Å². The first kappa shape index (κ1) is 6.47. The Hall–Kier alpha value is -1.24. The highest BCUT2D eigenvalue weighted by atomic mass is 16.3. The summed E-state index contributed by atoms with van der Waals surface area (Å²) < 4.78 is 5.14. The molecule has 2 aromatic rings. The van der Waals surface area contributed by atoms with Crippen LogP contribution in [0.2, 0.25) is 0 Å². The first-order valence-electron chi connectivity index (χ1n) is 3.79. The van der Waals surface area contributed by atoms with Crippen LogP contribution in [0.25, 0.3) is 11.0 Å². The highest BCUT2D eigenvalue weighted by Gasteiger charge is 1.99. The lowest BCUT2D eigenvalue weighted by Gasteiger charge is -1.95. The lowest BCUT2D eigenvalue weighted by molar-refractivity contribution is 0.606. The van der Waals surface area contributed by atoms with Gasteiger partial charge < -0.3 is 4.42 Å². The highest BCUT2D eigenvalue weighted by Crippen LogP contribution is 2.19. The molecule has 1 heterocycles. The molecule has 0 N–H and O–H groups in total. The van der Waals surface area contributed by atoms with E-state index >= 15 is 0 Å². The van der Waals surface area contributed by atoms with Crippen LogP contribution in [0.3, 0.4) is 0 Å². The Morgan fingerprint density at radius 3 is 3.18 bits per heavy atom. The zero-order valence-corrected chi connectivity index (χ0v) is 6.42. The number of fused-ring (bicyclic) bond motifs is 1. The summed E-state index contributed by atoms with van der Waals surface area (Å²) in [6.45, 7) is 2.14. The normalized spacial score (nSPS) is 10.6. The van der Waals surface area contributed by atoms with Crippen molar-refractivity contribution in [3.05, 3.63) is 36.1 Å². The Balaban J connectivity index is 2.79. The second-order valence-electron chi connectivity index (χ2n) is 2.55. The van der Waals surface area contributed by atoms with Crippen molar-refractivity contribution < 1.29 is 4.42 Å². The van der Waals surface area contributed by atoms with Crippen LogP contribution in [0.4, 0.5) is 0 Å². The van der Waals surface area contributed by atoms with Gasteiger partial charge in [0.05, 0.1) is 0 Å². The van der Waals surface area contributed by atoms with Crippen LogP contribution in [-0.2, 0) is 6.42 Å². The standard InChI is InChI=1S/C10H9O/c1-2-8-4-3-5-10-9(8)6-7-11-10/h3-6H,2H2,1H3. The fraction of sp³-hybridized carbons (Fsp3) is 0.200. The number of hydrogen-bond acceptors (Lipinski definition) is 1. The van der Waals surface area contributed by atoms with E-state index in [-0.39, 0.29) is 0 Å². The maximum absolute atomic E-state index is 5.14. The summed E-state index contributed by atoms with van der Waals surface area (Å²) in [7, 11) is 0. The predicted octanol–water partition coefficient (Wildman–Crippen LogP) is 2.80. The molecule has 0 atom stereocenters. The summed E-state index contributed by atoms with van der Waals surface area (Å²) in [5, 5.41) is 1.19. The van der Waals surface area contributed by atoms with Crippen molar-refractivity contribution in [3.8, 4) is 0 Å². The lowest BCUT2D eigenvalue weighted by Crippen LogP contribution is -1.78. The van der Waals surface area contributed by atoms with Crippen molar-refractivity contribution in [1.29, 1.82) is 0 Å². The summed E-state index contributed by atoms with van der Waals surface area (Å²) in [5.74, 6) is 0. The molecule has 0 unspecified atom stereocenters. The van der Waals surface area contributed by atoms with Crippen LogP contribution in [0.5, 0.6) is 0 Å². The van der Waals surface area contributed by atoms with Crippen LogP contribution in [-0.4, -0.2) is 0 Å². The minimum absolute atomic E-state index is 0.935. The quantitative estimate of drug-likeness (QED) is 0.601. The average molecular weight is 145 g/mol. The van der Waals surface area contributed by atoms with Crippen LogP contribution < -0.4 is 0 Å². The molecule has 0 spiro atoms. The monoisotopic (exact) mass is 145 g/mol. The van der Waals surface area contributed by atoms with Crippen LogP contribution in [0, 0.1) is 6.26 Å². The molecule has 0 saturated carbocycles. The van der Waals surface area contributed by atoms with E-state index in [0.717, 1.165) is 12.0 Å². The minimum atomic E-state index is 0.935. The molecule has 1 heteroatoms. The zero-order chi connectivity index (χ0) is 7.68. The lowest BCUT2D eigenvalue weighted by atomic mass is 10.1. The molecule has 0 bridgehead atoms. The van der Waals surface area contributed by atoms with Gasteiger partial charge in [0, 0.05) is 5.39 Å². The van der Waals surface area contributed by atoms with Crippen molar-refractivity contribution >= 4 is 11.0 Å². The van der Waals surface area contributed by atoms with Gasteiger partial charge in [0.2, 0.25) is 0 Å². The molecule has 1 nitrogen and oxygen atoms in total. The van der Waals surface area contributed by atoms with Crippen molar-refractivity contribution in [3.63, 3.8) is 0 Å². The van der Waals surface area contributed by atoms with Crippen LogP contribution in [0.1, 0.15) is 12.5 Å². The first-order valence-corrected chi connectivity index (χ1v) is 3.79. The maximum atomic E-state index is 5.14. The minimum Gasteiger partial charge on any atom is -0.453 e. The van der Waals surface area contributed by atoms with Crippen molar-refractivity contribution in [2.45, 2.75) is 13.3 Å². The van der Waals surface area contributed by atoms with Gasteiger partial charge in [0.1, 0.15) is 5.58 Å². The average Bonchev–Trinajstić information content (AvgIpc) is 2.50. The summed E-state index contributed by atoms with van der Waals surface area (Å²) >= 11 is 0. The van der Waals surface area contributed by atoms with E-state index in [1.165, 1.54) is 10.9 Å². The second-order valence-corrected chi connectivity index (χ2v) is 2.55. The third-order valence-corrected chi connectivity index (χ3v) is 1.91. The van der Waals surface area contributed by atoms with Crippen LogP contribution in [0.15, 0.2) is 28.7 Å². The number of furan rings is 1. The van der Waals surface area contributed by atoms with Crippen molar-refractivity contribution in [1.82, 2.24) is 0 Å². The molecule has 0 saturated heterocycles. The number of aryl methyl sites for hydroxylation is 1. The van der Waals surface area contributed by atoms with Gasteiger partial charge in [-0.05, 0) is 24.1 Å². The molecular weight excluding hydrogens is 136 g/mol. The summed E-state index contributed by atoms with van der Waals surface area (Å²) in [4.78, 5) is 0. The van der Waals surface area contributed by atoms with Crippen molar-refractivity contribution in [2.24, 2.45) is 0 Å². The van der Waals surface area contributed by atoms with E-state index in [2.05, 4.69) is 19.3 Å². The highest BCUT2D eigenvalue weighted by molar-refractivity contribution is 5.80. The van der Waals surface area contributed by atoms with Gasteiger partial charge in [-0.1, -0.05) is 19.1 Å². The largest absolute Gasteiger partial charge is 0.453 e.